The van der Waals surface area contributed by atoms with E-state index in [2.05, 4.69) is 11.7 Å². The van der Waals surface area contributed by atoms with E-state index >= 15 is 0 Å². The summed E-state index contributed by atoms with van der Waals surface area (Å²) in [6, 6.07) is 15.1. The Morgan fingerprint density at radius 2 is 1.52 bits per heavy atom. The van der Waals surface area contributed by atoms with E-state index in [1.807, 2.05) is 36.4 Å². The number of hydrogen-bond acceptors (Lipinski definition) is 5. The van der Waals surface area contributed by atoms with E-state index in [0.717, 1.165) is 29.9 Å². The van der Waals surface area contributed by atoms with Crippen LogP contribution in [0.4, 0.5) is 0 Å². The zero-order chi connectivity index (χ0) is 19.3. The average Bonchev–Trinajstić information content (AvgIpc) is 2.71. The Labute approximate surface area is 160 Å². The van der Waals surface area contributed by atoms with Gasteiger partial charge in [0.1, 0.15) is 19.0 Å². The van der Waals surface area contributed by atoms with Crippen LogP contribution in [0.25, 0.3) is 11.1 Å². The summed E-state index contributed by atoms with van der Waals surface area (Å²) in [7, 11) is 0. The van der Waals surface area contributed by atoms with Gasteiger partial charge in [-0.05, 0) is 41.8 Å². The molecule has 2 rings (SSSR count). The van der Waals surface area contributed by atoms with Gasteiger partial charge < -0.3 is 14.2 Å². The molecule has 0 saturated carbocycles. The van der Waals surface area contributed by atoms with Crippen molar-refractivity contribution in [2.45, 2.75) is 32.6 Å². The largest absolute Gasteiger partial charge is 0.494 e. The molecule has 2 aromatic rings. The van der Waals surface area contributed by atoms with Gasteiger partial charge in [0.25, 0.3) is 6.47 Å². The van der Waals surface area contributed by atoms with Crippen molar-refractivity contribution >= 4 is 12.4 Å². The lowest BCUT2D eigenvalue weighted by atomic mass is 10.0. The smallest absolute Gasteiger partial charge is 0.338 e. The molecule has 0 amide bonds. The van der Waals surface area contributed by atoms with E-state index in [4.69, 9.17) is 9.47 Å². The first-order chi connectivity index (χ1) is 13.2. The van der Waals surface area contributed by atoms with Gasteiger partial charge in [0, 0.05) is 0 Å². The first kappa shape index (κ1) is 20.5. The minimum absolute atomic E-state index is 0.0409. The fourth-order valence-corrected chi connectivity index (χ4v) is 2.58. The Bertz CT molecular complexity index is 692. The molecule has 5 nitrogen and oxygen atoms in total. The molecular formula is C22H26O5. The van der Waals surface area contributed by atoms with Crippen LogP contribution in [-0.2, 0) is 14.3 Å². The summed E-state index contributed by atoms with van der Waals surface area (Å²) in [5.74, 6) is 0.427. The van der Waals surface area contributed by atoms with Crippen LogP contribution in [0.1, 0.15) is 43.0 Å². The van der Waals surface area contributed by atoms with Gasteiger partial charge >= 0.3 is 5.97 Å². The summed E-state index contributed by atoms with van der Waals surface area (Å²) in [5, 5.41) is 0. The first-order valence-electron chi connectivity index (χ1n) is 9.30. The second-order valence-electron chi connectivity index (χ2n) is 6.11. The second-order valence-corrected chi connectivity index (χ2v) is 6.11. The van der Waals surface area contributed by atoms with E-state index in [-0.39, 0.29) is 13.2 Å². The Balaban J connectivity index is 1.85. The molecule has 0 N–H and O–H groups in total. The monoisotopic (exact) mass is 370 g/mol. The second kappa shape index (κ2) is 11.7. The molecule has 2 aromatic carbocycles. The number of benzene rings is 2. The molecule has 5 heteroatoms. The van der Waals surface area contributed by atoms with Crippen molar-refractivity contribution in [3.8, 4) is 16.9 Å². The van der Waals surface area contributed by atoms with Crippen molar-refractivity contribution in [3.05, 3.63) is 54.1 Å². The molecular weight excluding hydrogens is 344 g/mol. The quantitative estimate of drug-likeness (QED) is 0.309. The van der Waals surface area contributed by atoms with Gasteiger partial charge in [-0.25, -0.2) is 4.79 Å². The molecule has 0 bridgehead atoms. The van der Waals surface area contributed by atoms with E-state index in [1.165, 1.54) is 19.3 Å². The fourth-order valence-electron chi connectivity index (χ4n) is 2.58. The SMILES string of the molecule is CCCCCCOc1ccc(-c2ccc(C(=O)OCCOC=O)cc2)cc1. The highest BCUT2D eigenvalue weighted by Crippen LogP contribution is 2.23. The van der Waals surface area contributed by atoms with Crippen LogP contribution in [-0.4, -0.2) is 32.3 Å². The van der Waals surface area contributed by atoms with Crippen LogP contribution >= 0.6 is 0 Å². The Kier molecular flexibility index (Phi) is 8.90. The van der Waals surface area contributed by atoms with Crippen molar-refractivity contribution in [2.75, 3.05) is 19.8 Å². The molecule has 144 valence electrons. The number of carbonyl (C=O) groups excluding carboxylic acids is 2. The minimum atomic E-state index is -0.442. The molecule has 0 saturated heterocycles. The van der Waals surface area contributed by atoms with Crippen LogP contribution in [0.15, 0.2) is 48.5 Å². The molecule has 0 aliphatic carbocycles. The molecule has 27 heavy (non-hydrogen) atoms. The number of unbranched alkanes of at least 4 members (excludes halogenated alkanes) is 3. The summed E-state index contributed by atoms with van der Waals surface area (Å²) < 4.78 is 15.2. The molecule has 0 spiro atoms. The number of rotatable bonds is 12. The van der Waals surface area contributed by atoms with Gasteiger partial charge in [0.15, 0.2) is 0 Å². The zero-order valence-electron chi connectivity index (χ0n) is 15.7. The van der Waals surface area contributed by atoms with Crippen molar-refractivity contribution < 1.29 is 23.8 Å². The molecule has 0 radical (unpaired) electrons. The van der Waals surface area contributed by atoms with Gasteiger partial charge in [-0.15, -0.1) is 0 Å². The molecule has 0 aromatic heterocycles. The standard InChI is InChI=1S/C22H26O5/c1-2-3-4-5-14-26-21-12-10-19(11-13-21)18-6-8-20(9-7-18)22(24)27-16-15-25-17-23/h6-13,17H,2-5,14-16H2,1H3. The zero-order valence-corrected chi connectivity index (χ0v) is 15.7. The van der Waals surface area contributed by atoms with E-state index < -0.39 is 5.97 Å². The number of carbonyl (C=O) groups is 2. The van der Waals surface area contributed by atoms with Crippen molar-refractivity contribution in [2.24, 2.45) is 0 Å². The number of hydrogen-bond donors (Lipinski definition) is 0. The lowest BCUT2D eigenvalue weighted by Crippen LogP contribution is -2.10. The highest BCUT2D eigenvalue weighted by atomic mass is 16.6. The normalized spacial score (nSPS) is 10.3. The first-order valence-corrected chi connectivity index (χ1v) is 9.30. The lowest BCUT2D eigenvalue weighted by molar-refractivity contribution is -0.129. The Morgan fingerprint density at radius 1 is 0.852 bits per heavy atom. The predicted octanol–water partition coefficient (Wildman–Crippen LogP) is 4.64. The van der Waals surface area contributed by atoms with Crippen molar-refractivity contribution in [1.29, 1.82) is 0 Å². The number of ether oxygens (including phenoxy) is 3. The summed E-state index contributed by atoms with van der Waals surface area (Å²) in [5.41, 5.74) is 2.51. The van der Waals surface area contributed by atoms with Crippen LogP contribution < -0.4 is 4.74 Å². The maximum absolute atomic E-state index is 11.9. The van der Waals surface area contributed by atoms with E-state index in [1.54, 1.807) is 12.1 Å². The highest BCUT2D eigenvalue weighted by Gasteiger charge is 2.07. The summed E-state index contributed by atoms with van der Waals surface area (Å²) in [6.45, 7) is 3.36. The molecule has 0 heterocycles. The predicted molar refractivity (Wildman–Crippen MR) is 104 cm³/mol. The molecule has 0 fully saturated rings. The maximum Gasteiger partial charge on any atom is 0.338 e. The lowest BCUT2D eigenvalue weighted by Gasteiger charge is -2.08. The van der Waals surface area contributed by atoms with Crippen molar-refractivity contribution in [3.63, 3.8) is 0 Å². The number of esters is 1. The minimum Gasteiger partial charge on any atom is -0.494 e. The Hall–Kier alpha value is -2.82. The topological polar surface area (TPSA) is 61.8 Å². The summed E-state index contributed by atoms with van der Waals surface area (Å²) >= 11 is 0. The summed E-state index contributed by atoms with van der Waals surface area (Å²) in [6.07, 6.45) is 4.75. The maximum atomic E-state index is 11.9. The van der Waals surface area contributed by atoms with Gasteiger partial charge in [-0.1, -0.05) is 50.5 Å². The van der Waals surface area contributed by atoms with E-state index in [0.29, 0.717) is 12.0 Å². The molecule has 0 atom stereocenters. The molecule has 0 unspecified atom stereocenters. The third kappa shape index (κ3) is 7.13. The van der Waals surface area contributed by atoms with Gasteiger partial charge in [-0.3, -0.25) is 4.79 Å². The van der Waals surface area contributed by atoms with Crippen LogP contribution in [0.5, 0.6) is 5.75 Å². The Morgan fingerprint density at radius 3 is 2.15 bits per heavy atom. The van der Waals surface area contributed by atoms with Gasteiger partial charge in [0.2, 0.25) is 0 Å². The van der Waals surface area contributed by atoms with Crippen LogP contribution in [0, 0.1) is 0 Å². The highest BCUT2D eigenvalue weighted by molar-refractivity contribution is 5.90. The van der Waals surface area contributed by atoms with Crippen LogP contribution in [0.2, 0.25) is 0 Å². The van der Waals surface area contributed by atoms with Gasteiger partial charge in [-0.2, -0.15) is 0 Å². The third-order valence-corrected chi connectivity index (χ3v) is 4.08. The van der Waals surface area contributed by atoms with E-state index in [9.17, 15) is 9.59 Å². The third-order valence-electron chi connectivity index (χ3n) is 4.08. The average molecular weight is 370 g/mol. The fraction of sp³-hybridized carbons (Fsp3) is 0.364. The van der Waals surface area contributed by atoms with Crippen molar-refractivity contribution in [1.82, 2.24) is 0 Å². The van der Waals surface area contributed by atoms with Gasteiger partial charge in [0.05, 0.1) is 12.2 Å². The molecule has 0 aliphatic heterocycles. The summed E-state index contributed by atoms with van der Waals surface area (Å²) in [4.78, 5) is 21.9. The van der Waals surface area contributed by atoms with Crippen LogP contribution in [0.3, 0.4) is 0 Å². The molecule has 0 aliphatic rings.